The normalized spacial score (nSPS) is 36.2. The maximum absolute atomic E-state index is 3.60. The van der Waals surface area contributed by atoms with Gasteiger partial charge in [-0.15, -0.1) is 0 Å². The summed E-state index contributed by atoms with van der Waals surface area (Å²) in [5, 5.41) is 7.16. The molecule has 2 unspecified atom stereocenters. The maximum atomic E-state index is 3.60. The van der Waals surface area contributed by atoms with E-state index in [0.717, 1.165) is 12.7 Å². The van der Waals surface area contributed by atoms with Gasteiger partial charge in [0.15, 0.2) is 0 Å². The summed E-state index contributed by atoms with van der Waals surface area (Å²) < 4.78 is 0. The molecule has 2 atom stereocenters. The lowest BCUT2D eigenvalue weighted by Gasteiger charge is -2.43. The lowest BCUT2D eigenvalue weighted by atomic mass is 10.0. The molecule has 0 radical (unpaired) electrons. The Morgan fingerprint density at radius 3 is 2.62 bits per heavy atom. The number of fused-ring (bicyclic) bond motifs is 1. The van der Waals surface area contributed by atoms with Gasteiger partial charge in [-0.2, -0.15) is 0 Å². The molecule has 2 fully saturated rings. The van der Waals surface area contributed by atoms with Crippen LogP contribution in [0.1, 0.15) is 27.2 Å². The van der Waals surface area contributed by atoms with Gasteiger partial charge in [-0.05, 0) is 33.7 Å². The molecule has 2 saturated heterocycles. The highest BCUT2D eigenvalue weighted by Crippen LogP contribution is 2.19. The van der Waals surface area contributed by atoms with Gasteiger partial charge < -0.3 is 5.32 Å². The lowest BCUT2D eigenvalue weighted by molar-refractivity contribution is 0.0738. The van der Waals surface area contributed by atoms with Crippen LogP contribution in [0.4, 0.5) is 0 Å². The first-order valence-corrected chi connectivity index (χ1v) is 5.29. The highest BCUT2D eigenvalue weighted by molar-refractivity contribution is 4.96. The fourth-order valence-electron chi connectivity index (χ4n) is 2.24. The lowest BCUT2D eigenvalue weighted by Crippen LogP contribution is -2.61. The average molecular weight is 183 g/mol. The topological polar surface area (TPSA) is 27.3 Å². The van der Waals surface area contributed by atoms with Crippen LogP contribution in [-0.4, -0.2) is 42.3 Å². The van der Waals surface area contributed by atoms with Crippen molar-refractivity contribution in [3.05, 3.63) is 0 Å². The van der Waals surface area contributed by atoms with E-state index in [0.29, 0.717) is 11.6 Å². The first-order chi connectivity index (χ1) is 6.07. The van der Waals surface area contributed by atoms with Crippen LogP contribution in [0, 0.1) is 0 Å². The Kier molecular flexibility index (Phi) is 2.34. The zero-order valence-corrected chi connectivity index (χ0v) is 8.93. The summed E-state index contributed by atoms with van der Waals surface area (Å²) in [5.74, 6) is 0. The van der Waals surface area contributed by atoms with Gasteiger partial charge in [0.05, 0.1) is 0 Å². The Hall–Kier alpha value is -0.120. The van der Waals surface area contributed by atoms with Crippen molar-refractivity contribution in [1.29, 1.82) is 0 Å². The van der Waals surface area contributed by atoms with Crippen LogP contribution in [-0.2, 0) is 0 Å². The van der Waals surface area contributed by atoms with E-state index in [4.69, 9.17) is 0 Å². The molecule has 2 aliphatic heterocycles. The molecule has 0 aromatic carbocycles. The molecular weight excluding hydrogens is 162 g/mol. The SMILES string of the molecule is CC(C)(C)N1CNC2CCNC2C1. The molecule has 13 heavy (non-hydrogen) atoms. The minimum absolute atomic E-state index is 0.294. The summed E-state index contributed by atoms with van der Waals surface area (Å²) in [7, 11) is 0. The molecule has 2 heterocycles. The Labute approximate surface area is 80.9 Å². The van der Waals surface area contributed by atoms with Gasteiger partial charge in [-0.1, -0.05) is 0 Å². The Bertz CT molecular complexity index is 185. The van der Waals surface area contributed by atoms with E-state index < -0.39 is 0 Å². The number of nitrogens with zero attached hydrogens (tertiary/aromatic N) is 1. The van der Waals surface area contributed by atoms with Gasteiger partial charge >= 0.3 is 0 Å². The van der Waals surface area contributed by atoms with Crippen molar-refractivity contribution in [1.82, 2.24) is 15.5 Å². The fourth-order valence-corrected chi connectivity index (χ4v) is 2.24. The van der Waals surface area contributed by atoms with E-state index in [1.165, 1.54) is 19.5 Å². The summed E-state index contributed by atoms with van der Waals surface area (Å²) in [6.07, 6.45) is 1.29. The third-order valence-electron chi connectivity index (χ3n) is 3.26. The van der Waals surface area contributed by atoms with Gasteiger partial charge in [0, 0.05) is 30.8 Å². The van der Waals surface area contributed by atoms with E-state index in [1.807, 2.05) is 0 Å². The highest BCUT2D eigenvalue weighted by atomic mass is 15.3. The van der Waals surface area contributed by atoms with Gasteiger partial charge in [0.1, 0.15) is 0 Å². The van der Waals surface area contributed by atoms with E-state index >= 15 is 0 Å². The first-order valence-electron chi connectivity index (χ1n) is 5.29. The molecule has 0 saturated carbocycles. The van der Waals surface area contributed by atoms with Crippen molar-refractivity contribution in [2.75, 3.05) is 19.8 Å². The molecule has 3 nitrogen and oxygen atoms in total. The monoisotopic (exact) mass is 183 g/mol. The van der Waals surface area contributed by atoms with Crippen LogP contribution in [0.25, 0.3) is 0 Å². The largest absolute Gasteiger partial charge is 0.311 e. The summed E-state index contributed by atoms with van der Waals surface area (Å²) in [6, 6.07) is 1.39. The second-order valence-corrected chi connectivity index (χ2v) is 5.21. The van der Waals surface area contributed by atoms with Crippen molar-refractivity contribution in [2.45, 2.75) is 44.8 Å². The van der Waals surface area contributed by atoms with Crippen molar-refractivity contribution >= 4 is 0 Å². The third kappa shape index (κ3) is 1.87. The highest BCUT2D eigenvalue weighted by Gasteiger charge is 2.35. The van der Waals surface area contributed by atoms with Crippen LogP contribution in [0.5, 0.6) is 0 Å². The van der Waals surface area contributed by atoms with E-state index in [1.54, 1.807) is 0 Å². The zero-order valence-electron chi connectivity index (χ0n) is 8.93. The summed E-state index contributed by atoms with van der Waals surface area (Å²) in [4.78, 5) is 2.51. The summed E-state index contributed by atoms with van der Waals surface area (Å²) in [6.45, 7) is 10.3. The molecular formula is C10H21N3. The van der Waals surface area contributed by atoms with Gasteiger partial charge in [-0.25, -0.2) is 0 Å². The molecule has 0 amide bonds. The molecule has 0 aliphatic carbocycles. The maximum Gasteiger partial charge on any atom is 0.0488 e. The average Bonchev–Trinajstić information content (AvgIpc) is 2.47. The van der Waals surface area contributed by atoms with Crippen molar-refractivity contribution < 1.29 is 0 Å². The van der Waals surface area contributed by atoms with Crippen LogP contribution in [0.15, 0.2) is 0 Å². The van der Waals surface area contributed by atoms with E-state index in [-0.39, 0.29) is 0 Å². The summed E-state index contributed by atoms with van der Waals surface area (Å²) >= 11 is 0. The number of rotatable bonds is 0. The predicted octanol–water partition coefficient (Wildman–Crippen LogP) is 0.378. The Morgan fingerprint density at radius 2 is 1.92 bits per heavy atom. The van der Waals surface area contributed by atoms with Crippen LogP contribution in [0.2, 0.25) is 0 Å². The molecule has 0 spiro atoms. The van der Waals surface area contributed by atoms with Gasteiger partial charge in [0.25, 0.3) is 0 Å². The standard InChI is InChI=1S/C10H21N3/c1-10(2,3)13-6-9-8(12-7-13)4-5-11-9/h8-9,11-12H,4-7H2,1-3H3. The van der Waals surface area contributed by atoms with Gasteiger partial charge in [0.2, 0.25) is 0 Å². The van der Waals surface area contributed by atoms with Gasteiger partial charge in [-0.3, -0.25) is 10.2 Å². The smallest absolute Gasteiger partial charge is 0.0488 e. The first kappa shape index (κ1) is 9.44. The van der Waals surface area contributed by atoms with Crippen LogP contribution < -0.4 is 10.6 Å². The molecule has 3 heteroatoms. The zero-order chi connectivity index (χ0) is 9.47. The third-order valence-corrected chi connectivity index (χ3v) is 3.26. The molecule has 2 aliphatic rings. The molecule has 0 aromatic heterocycles. The minimum Gasteiger partial charge on any atom is -0.311 e. The fraction of sp³-hybridized carbons (Fsp3) is 1.00. The second-order valence-electron chi connectivity index (χ2n) is 5.21. The van der Waals surface area contributed by atoms with Crippen LogP contribution in [0.3, 0.4) is 0 Å². The van der Waals surface area contributed by atoms with E-state index in [9.17, 15) is 0 Å². The Balaban J connectivity index is 1.97. The number of nitrogens with one attached hydrogen (secondary N) is 2. The van der Waals surface area contributed by atoms with Crippen molar-refractivity contribution in [3.8, 4) is 0 Å². The number of hydrogen-bond donors (Lipinski definition) is 2. The van der Waals surface area contributed by atoms with E-state index in [2.05, 4.69) is 36.3 Å². The van der Waals surface area contributed by atoms with Crippen molar-refractivity contribution in [2.24, 2.45) is 0 Å². The Morgan fingerprint density at radius 1 is 1.15 bits per heavy atom. The molecule has 2 rings (SSSR count). The minimum atomic E-state index is 0.294. The second kappa shape index (κ2) is 3.23. The molecule has 76 valence electrons. The quantitative estimate of drug-likeness (QED) is 0.568. The molecule has 0 aromatic rings. The van der Waals surface area contributed by atoms with Crippen molar-refractivity contribution in [3.63, 3.8) is 0 Å². The molecule has 0 bridgehead atoms. The van der Waals surface area contributed by atoms with Crippen LogP contribution >= 0.6 is 0 Å². The summed E-state index contributed by atoms with van der Waals surface area (Å²) in [5.41, 5.74) is 0.294. The molecule has 2 N–H and O–H groups in total. The number of hydrogen-bond acceptors (Lipinski definition) is 3. The predicted molar refractivity (Wildman–Crippen MR) is 54.7 cm³/mol.